The smallest absolute Gasteiger partial charge is 0.0744 e. The molecule has 0 aliphatic carbocycles. The highest BCUT2D eigenvalue weighted by molar-refractivity contribution is 9.10. The largest absolute Gasteiger partial charge is 0.355 e. The summed E-state index contributed by atoms with van der Waals surface area (Å²) in [7, 11) is 0. The van der Waals surface area contributed by atoms with Crippen molar-refractivity contribution in [1.29, 1.82) is 0 Å². The van der Waals surface area contributed by atoms with Gasteiger partial charge in [-0.2, -0.15) is 0 Å². The van der Waals surface area contributed by atoms with Crippen LogP contribution in [0.5, 0.6) is 0 Å². The van der Waals surface area contributed by atoms with E-state index in [9.17, 15) is 0 Å². The topological polar surface area (TPSA) is 57.4 Å². The van der Waals surface area contributed by atoms with Crippen LogP contribution in [0.4, 0.5) is 0 Å². The minimum absolute atomic E-state index is 0.869. The van der Waals surface area contributed by atoms with Crippen molar-refractivity contribution in [3.05, 3.63) is 140 Å². The summed E-state index contributed by atoms with van der Waals surface area (Å²) in [5.41, 5.74) is 11.9. The van der Waals surface area contributed by atoms with Crippen LogP contribution in [-0.4, -0.2) is 19.9 Å². The number of aromatic nitrogens is 4. The lowest BCUT2D eigenvalue weighted by atomic mass is 9.92. The first-order valence-corrected chi connectivity index (χ1v) is 13.8. The van der Waals surface area contributed by atoms with Gasteiger partial charge in [-0.1, -0.05) is 56.1 Å². The van der Waals surface area contributed by atoms with Crippen LogP contribution in [0.15, 0.2) is 106 Å². The normalized spacial score (nSPS) is 12.8. The highest BCUT2D eigenvalue weighted by Crippen LogP contribution is 2.40. The number of aromatic amines is 2. The molecule has 0 radical (unpaired) electrons. The van der Waals surface area contributed by atoms with Crippen molar-refractivity contribution < 1.29 is 0 Å². The van der Waals surface area contributed by atoms with Crippen LogP contribution < -0.4 is 0 Å². The second kappa shape index (κ2) is 9.39. The third-order valence-corrected chi connectivity index (χ3v) is 7.66. The maximum atomic E-state index is 5.19. The molecule has 0 unspecified atom stereocenters. The Balaban J connectivity index is 1.59. The van der Waals surface area contributed by atoms with Crippen molar-refractivity contribution in [2.24, 2.45) is 0 Å². The van der Waals surface area contributed by atoms with Crippen molar-refractivity contribution in [2.75, 3.05) is 0 Å². The maximum Gasteiger partial charge on any atom is 0.0744 e. The Hall–Kier alpha value is -4.00. The molecule has 8 bridgehead atoms. The van der Waals surface area contributed by atoms with Gasteiger partial charge < -0.3 is 9.97 Å². The second-order valence-corrected chi connectivity index (χ2v) is 11.1. The summed E-state index contributed by atoms with van der Waals surface area (Å²) in [6.45, 7) is 0. The predicted octanol–water partition coefficient (Wildman–Crippen LogP) is 9.02. The van der Waals surface area contributed by atoms with Crippen molar-refractivity contribution in [3.8, 4) is 0 Å². The van der Waals surface area contributed by atoms with Gasteiger partial charge in [0.15, 0.2) is 0 Å². The minimum atomic E-state index is 0.869. The monoisotopic (exact) mass is 618 g/mol. The molecular formula is C32H20Br2N4. The third-order valence-electron chi connectivity index (χ3n) is 6.61. The van der Waals surface area contributed by atoms with E-state index in [1.54, 1.807) is 0 Å². The number of H-pyrrole nitrogens is 2. The standard InChI is InChI=1S/C32H20Br2N4/c33-21-5-1-19(2-6-21)31-29-17-27-13-11-25(36-27)15-23-9-10-24(35-23)16-26-12-14-28(37-26)18-30(38-29)32(31)20-3-7-22(34)8-4-20/h1-18,35-36H. The van der Waals surface area contributed by atoms with E-state index in [2.05, 4.69) is 139 Å². The van der Waals surface area contributed by atoms with Gasteiger partial charge in [0.25, 0.3) is 0 Å². The zero-order valence-electron chi connectivity index (χ0n) is 20.0. The fraction of sp³-hybridized carbons (Fsp3) is 0. The average molecular weight is 620 g/mol. The summed E-state index contributed by atoms with van der Waals surface area (Å²) in [4.78, 5) is 17.0. The zero-order chi connectivity index (χ0) is 25.6. The van der Waals surface area contributed by atoms with E-state index in [0.29, 0.717) is 0 Å². The van der Waals surface area contributed by atoms with Crippen molar-refractivity contribution >= 4 is 77.2 Å². The number of hydrogen-bond donors (Lipinski definition) is 2. The Morgan fingerprint density at radius 1 is 0.447 bits per heavy atom. The molecule has 3 aromatic heterocycles. The second-order valence-electron chi connectivity index (χ2n) is 9.26. The van der Waals surface area contributed by atoms with Gasteiger partial charge in [-0.15, -0.1) is 0 Å². The Bertz CT molecular complexity index is 1930. The number of hydrogen-bond acceptors (Lipinski definition) is 2. The van der Waals surface area contributed by atoms with E-state index in [4.69, 9.17) is 9.97 Å². The van der Waals surface area contributed by atoms with Gasteiger partial charge in [-0.25, -0.2) is 9.97 Å². The summed E-state index contributed by atoms with van der Waals surface area (Å²) in [6, 6.07) is 33.5. The Morgan fingerprint density at radius 2 is 0.895 bits per heavy atom. The zero-order valence-corrected chi connectivity index (χ0v) is 23.2. The Morgan fingerprint density at radius 3 is 1.45 bits per heavy atom. The molecule has 2 aliphatic heterocycles. The van der Waals surface area contributed by atoms with Crippen molar-refractivity contribution in [1.82, 2.24) is 19.9 Å². The molecule has 2 aromatic carbocycles. The van der Waals surface area contributed by atoms with E-state index in [1.165, 1.54) is 0 Å². The summed E-state index contributed by atoms with van der Waals surface area (Å²) < 4.78 is 2.07. The number of rotatable bonds is 2. The maximum absolute atomic E-state index is 5.19. The van der Waals surface area contributed by atoms with E-state index in [1.807, 2.05) is 12.2 Å². The number of nitrogens with one attached hydrogen (secondary N) is 2. The van der Waals surface area contributed by atoms with Gasteiger partial charge >= 0.3 is 0 Å². The molecule has 5 aromatic rings. The molecule has 0 amide bonds. The molecule has 2 N–H and O–H groups in total. The van der Waals surface area contributed by atoms with Crippen molar-refractivity contribution in [2.45, 2.75) is 0 Å². The highest BCUT2D eigenvalue weighted by Gasteiger charge is 2.23. The fourth-order valence-corrected chi connectivity index (χ4v) is 5.42. The van der Waals surface area contributed by atoms with Crippen LogP contribution in [0.1, 0.15) is 33.9 Å². The summed E-state index contributed by atoms with van der Waals surface area (Å²) in [5.74, 6) is 0. The lowest BCUT2D eigenvalue weighted by molar-refractivity contribution is 1.26. The molecule has 0 spiro atoms. The van der Waals surface area contributed by atoms with Gasteiger partial charge in [0.05, 0.1) is 22.8 Å². The summed E-state index contributed by atoms with van der Waals surface area (Å²) >= 11 is 7.18. The average Bonchev–Trinajstić information content (AvgIpc) is 3.70. The van der Waals surface area contributed by atoms with E-state index >= 15 is 0 Å². The highest BCUT2D eigenvalue weighted by atomic mass is 79.9. The van der Waals surface area contributed by atoms with Gasteiger partial charge in [-0.05, 0) is 96.1 Å². The quantitative estimate of drug-likeness (QED) is 0.203. The summed E-state index contributed by atoms with van der Waals surface area (Å²) in [5, 5.41) is 0. The first kappa shape index (κ1) is 23.1. The van der Waals surface area contributed by atoms with Crippen LogP contribution in [0, 0.1) is 0 Å². The molecule has 0 fully saturated rings. The first-order chi connectivity index (χ1) is 18.6. The molecule has 0 atom stereocenters. The molecule has 38 heavy (non-hydrogen) atoms. The van der Waals surface area contributed by atoms with Gasteiger partial charge in [-0.3, -0.25) is 0 Å². The van der Waals surface area contributed by atoms with Crippen LogP contribution in [0.3, 0.4) is 0 Å². The molecular weight excluding hydrogens is 600 g/mol. The third kappa shape index (κ3) is 4.46. The van der Waals surface area contributed by atoms with Crippen LogP contribution >= 0.6 is 31.9 Å². The molecule has 2 aliphatic rings. The first-order valence-electron chi connectivity index (χ1n) is 12.2. The lowest BCUT2D eigenvalue weighted by Gasteiger charge is -2.10. The Kier molecular flexibility index (Phi) is 5.72. The fourth-order valence-electron chi connectivity index (χ4n) is 4.89. The van der Waals surface area contributed by atoms with E-state index in [0.717, 1.165) is 76.1 Å². The molecule has 0 saturated carbocycles. The molecule has 0 saturated heterocycles. The van der Waals surface area contributed by atoms with Gasteiger partial charge in [0.1, 0.15) is 0 Å². The minimum Gasteiger partial charge on any atom is -0.355 e. The van der Waals surface area contributed by atoms with Crippen LogP contribution in [0.2, 0.25) is 0 Å². The number of benzene rings is 2. The summed E-state index contributed by atoms with van der Waals surface area (Å²) in [6.07, 6.45) is 4.08. The van der Waals surface area contributed by atoms with E-state index < -0.39 is 0 Å². The van der Waals surface area contributed by atoms with E-state index in [-0.39, 0.29) is 0 Å². The predicted molar refractivity (Wildman–Crippen MR) is 163 cm³/mol. The molecule has 4 nitrogen and oxygen atoms in total. The van der Waals surface area contributed by atoms with Crippen LogP contribution in [-0.2, 0) is 0 Å². The molecule has 6 heteroatoms. The van der Waals surface area contributed by atoms with Crippen LogP contribution in [0.25, 0.3) is 45.4 Å². The van der Waals surface area contributed by atoms with Crippen molar-refractivity contribution in [3.63, 3.8) is 0 Å². The lowest BCUT2D eigenvalue weighted by Crippen LogP contribution is -1.91. The number of nitrogens with zero attached hydrogens (tertiary/aromatic N) is 2. The Labute approximate surface area is 236 Å². The number of fused-ring (bicyclic) bond motifs is 8. The SMILES string of the molecule is Brc1ccc(C2=C(c3ccc(Br)cc3)c3cc4ccc(cc5ccc(cc6nc(cc2n3)C=C6)[nH]5)[nH]4)cc1. The van der Waals surface area contributed by atoms with Gasteiger partial charge in [0.2, 0.25) is 0 Å². The molecule has 182 valence electrons. The molecule has 7 rings (SSSR count). The molecule has 5 heterocycles. The van der Waals surface area contributed by atoms with Gasteiger partial charge in [0, 0.05) is 42.2 Å². The number of halogens is 2.